The zero-order valence-electron chi connectivity index (χ0n) is 15.8. The van der Waals surface area contributed by atoms with E-state index in [1.54, 1.807) is 18.2 Å². The van der Waals surface area contributed by atoms with Crippen LogP contribution >= 0.6 is 0 Å². The third-order valence-electron chi connectivity index (χ3n) is 5.44. The number of carbonyl (C=O) groups is 1. The third kappa shape index (κ3) is 4.27. The number of rotatable bonds is 5. The number of sulfonamides is 1. The van der Waals surface area contributed by atoms with Gasteiger partial charge in [-0.25, -0.2) is 13.1 Å². The van der Waals surface area contributed by atoms with Crippen molar-refractivity contribution in [3.05, 3.63) is 59.2 Å². The topological polar surface area (TPSA) is 78.5 Å². The van der Waals surface area contributed by atoms with Crippen LogP contribution in [0.25, 0.3) is 0 Å². The number of amides is 1. The number of benzene rings is 2. The Bertz CT molecular complexity index is 988. The lowest BCUT2D eigenvalue weighted by Crippen LogP contribution is -2.37. The summed E-state index contributed by atoms with van der Waals surface area (Å²) in [5, 5.41) is 2.83. The van der Waals surface area contributed by atoms with Gasteiger partial charge < -0.3 is 5.32 Å². The van der Waals surface area contributed by atoms with Crippen molar-refractivity contribution in [3.8, 4) is 0 Å². The van der Waals surface area contributed by atoms with Gasteiger partial charge in [0.05, 0.1) is 4.90 Å². The van der Waals surface area contributed by atoms with Crippen molar-refractivity contribution in [3.63, 3.8) is 0 Å². The molecule has 0 saturated carbocycles. The van der Waals surface area contributed by atoms with Crippen LogP contribution in [0.4, 0.5) is 5.69 Å². The highest BCUT2D eigenvalue weighted by atomic mass is 32.2. The summed E-state index contributed by atoms with van der Waals surface area (Å²) >= 11 is 0. The number of carbonyl (C=O) groups excluding carboxylic acids is 1. The normalized spacial score (nSPS) is 17.4. The van der Waals surface area contributed by atoms with E-state index in [1.807, 2.05) is 6.07 Å². The molecule has 0 fully saturated rings. The van der Waals surface area contributed by atoms with Crippen LogP contribution in [0.15, 0.2) is 47.4 Å². The van der Waals surface area contributed by atoms with Crippen LogP contribution < -0.4 is 10.0 Å². The molecule has 148 valence electrons. The predicted molar refractivity (Wildman–Crippen MR) is 109 cm³/mol. The minimum absolute atomic E-state index is 0.0180. The SMILES string of the molecule is O=C1CCCc2cc(S(=O)(=O)NCCN3CCc4ccccc4C3)ccc2N1. The molecule has 0 bridgehead atoms. The van der Waals surface area contributed by atoms with Gasteiger partial charge in [0, 0.05) is 38.3 Å². The standard InChI is InChI=1S/C21H25N3O3S/c25-21-7-3-6-17-14-19(8-9-20(17)23-21)28(26,27)22-11-13-24-12-10-16-4-1-2-5-18(16)15-24/h1-2,4-5,8-9,14,22H,3,6-7,10-13,15H2,(H,23,25). The Morgan fingerprint density at radius 2 is 1.82 bits per heavy atom. The van der Waals surface area contributed by atoms with E-state index < -0.39 is 10.0 Å². The number of nitrogens with zero attached hydrogens (tertiary/aromatic N) is 1. The van der Waals surface area contributed by atoms with E-state index in [9.17, 15) is 13.2 Å². The smallest absolute Gasteiger partial charge is 0.240 e. The van der Waals surface area contributed by atoms with Gasteiger partial charge in [-0.1, -0.05) is 24.3 Å². The molecule has 28 heavy (non-hydrogen) atoms. The molecular weight excluding hydrogens is 374 g/mol. The molecule has 6 nitrogen and oxygen atoms in total. The van der Waals surface area contributed by atoms with Gasteiger partial charge in [0.1, 0.15) is 0 Å². The molecule has 2 aliphatic heterocycles. The highest BCUT2D eigenvalue weighted by Gasteiger charge is 2.20. The molecule has 1 amide bonds. The van der Waals surface area contributed by atoms with E-state index >= 15 is 0 Å². The van der Waals surface area contributed by atoms with Gasteiger partial charge in [-0.3, -0.25) is 9.69 Å². The Balaban J connectivity index is 1.37. The summed E-state index contributed by atoms with van der Waals surface area (Å²) in [6.45, 7) is 2.85. The second-order valence-corrected chi connectivity index (χ2v) is 9.18. The van der Waals surface area contributed by atoms with Crippen LogP contribution in [0.5, 0.6) is 0 Å². The fraction of sp³-hybridized carbons (Fsp3) is 0.381. The molecule has 2 aliphatic rings. The Morgan fingerprint density at radius 3 is 2.68 bits per heavy atom. The summed E-state index contributed by atoms with van der Waals surface area (Å²) in [7, 11) is -3.57. The third-order valence-corrected chi connectivity index (χ3v) is 6.90. The summed E-state index contributed by atoms with van der Waals surface area (Å²) in [4.78, 5) is 14.2. The molecule has 2 aromatic rings. The number of fused-ring (bicyclic) bond motifs is 2. The van der Waals surface area contributed by atoms with Crippen LogP contribution in [0.1, 0.15) is 29.5 Å². The van der Waals surface area contributed by atoms with Crippen LogP contribution in [0.3, 0.4) is 0 Å². The first-order valence-corrected chi connectivity index (χ1v) is 11.2. The first-order chi connectivity index (χ1) is 13.5. The quantitative estimate of drug-likeness (QED) is 0.809. The Morgan fingerprint density at radius 1 is 1.00 bits per heavy atom. The number of hydrogen-bond donors (Lipinski definition) is 2. The van der Waals surface area contributed by atoms with E-state index in [-0.39, 0.29) is 10.8 Å². The minimum Gasteiger partial charge on any atom is -0.326 e. The molecule has 0 aromatic heterocycles. The summed E-state index contributed by atoms with van der Waals surface area (Å²) in [5.41, 5.74) is 4.30. The molecule has 2 aromatic carbocycles. The van der Waals surface area contributed by atoms with Gasteiger partial charge in [0.2, 0.25) is 15.9 Å². The van der Waals surface area contributed by atoms with E-state index in [0.29, 0.717) is 31.6 Å². The van der Waals surface area contributed by atoms with E-state index in [1.165, 1.54) is 11.1 Å². The summed E-state index contributed by atoms with van der Waals surface area (Å²) in [6.07, 6.45) is 2.89. The van der Waals surface area contributed by atoms with Gasteiger partial charge in [-0.05, 0) is 54.2 Å². The average Bonchev–Trinajstić information content (AvgIpc) is 2.87. The van der Waals surface area contributed by atoms with Gasteiger partial charge in [0.25, 0.3) is 0 Å². The van der Waals surface area contributed by atoms with Crippen molar-refractivity contribution in [2.75, 3.05) is 25.0 Å². The second-order valence-electron chi connectivity index (χ2n) is 7.41. The molecule has 0 unspecified atom stereocenters. The average molecular weight is 400 g/mol. The van der Waals surface area contributed by atoms with Gasteiger partial charge in [0.15, 0.2) is 0 Å². The monoisotopic (exact) mass is 399 g/mol. The minimum atomic E-state index is -3.57. The van der Waals surface area contributed by atoms with Gasteiger partial charge >= 0.3 is 0 Å². The molecule has 7 heteroatoms. The molecule has 0 radical (unpaired) electrons. The summed E-state index contributed by atoms with van der Waals surface area (Å²) < 4.78 is 28.1. The highest BCUT2D eigenvalue weighted by Crippen LogP contribution is 2.25. The zero-order chi connectivity index (χ0) is 19.6. The molecule has 0 atom stereocenters. The maximum Gasteiger partial charge on any atom is 0.240 e. The van der Waals surface area contributed by atoms with Gasteiger partial charge in [-0.15, -0.1) is 0 Å². The largest absolute Gasteiger partial charge is 0.326 e. The molecule has 2 N–H and O–H groups in total. The molecule has 2 heterocycles. The fourth-order valence-corrected chi connectivity index (χ4v) is 4.96. The van der Waals surface area contributed by atoms with Crippen molar-refractivity contribution < 1.29 is 13.2 Å². The molecule has 4 rings (SSSR count). The van der Waals surface area contributed by atoms with E-state index in [2.05, 4.69) is 33.1 Å². The first kappa shape index (κ1) is 19.1. The molecule has 0 aliphatic carbocycles. The Labute approximate surface area is 166 Å². The molecular formula is C21H25N3O3S. The zero-order valence-corrected chi connectivity index (χ0v) is 16.6. The maximum atomic E-state index is 12.7. The molecule has 0 saturated heterocycles. The fourth-order valence-electron chi connectivity index (χ4n) is 3.88. The number of anilines is 1. The van der Waals surface area contributed by atoms with Gasteiger partial charge in [-0.2, -0.15) is 0 Å². The lowest BCUT2D eigenvalue weighted by Gasteiger charge is -2.28. The van der Waals surface area contributed by atoms with E-state index in [0.717, 1.165) is 31.5 Å². The maximum absolute atomic E-state index is 12.7. The van der Waals surface area contributed by atoms with Crippen LogP contribution in [0, 0.1) is 0 Å². The highest BCUT2D eigenvalue weighted by molar-refractivity contribution is 7.89. The second kappa shape index (κ2) is 8.03. The van der Waals surface area contributed by atoms with Crippen LogP contribution in [-0.2, 0) is 34.2 Å². The van der Waals surface area contributed by atoms with Crippen molar-refractivity contribution in [1.29, 1.82) is 0 Å². The van der Waals surface area contributed by atoms with Crippen LogP contribution in [-0.4, -0.2) is 38.9 Å². The summed E-state index contributed by atoms with van der Waals surface area (Å²) in [5.74, 6) is -0.0180. The molecule has 0 spiro atoms. The predicted octanol–water partition coefficient (Wildman–Crippen LogP) is 2.30. The first-order valence-electron chi connectivity index (χ1n) is 9.73. The Kier molecular flexibility index (Phi) is 5.48. The van der Waals surface area contributed by atoms with Crippen LogP contribution in [0.2, 0.25) is 0 Å². The van der Waals surface area contributed by atoms with Crippen molar-refractivity contribution >= 4 is 21.6 Å². The van der Waals surface area contributed by atoms with Crippen molar-refractivity contribution in [1.82, 2.24) is 9.62 Å². The Hall–Kier alpha value is -2.22. The van der Waals surface area contributed by atoms with Crippen molar-refractivity contribution in [2.45, 2.75) is 37.1 Å². The van der Waals surface area contributed by atoms with Crippen molar-refractivity contribution in [2.24, 2.45) is 0 Å². The lowest BCUT2D eigenvalue weighted by molar-refractivity contribution is -0.116. The summed E-state index contributed by atoms with van der Waals surface area (Å²) in [6, 6.07) is 13.3. The lowest BCUT2D eigenvalue weighted by atomic mass is 10.0. The van der Waals surface area contributed by atoms with E-state index in [4.69, 9.17) is 0 Å². The number of aryl methyl sites for hydroxylation is 1. The number of nitrogens with one attached hydrogen (secondary N) is 2. The number of hydrogen-bond acceptors (Lipinski definition) is 4.